The number of carbonyl (C=O) groups excluding carboxylic acids is 1. The number of nitrogens with zero attached hydrogens (tertiary/aromatic N) is 1. The number of hydrogen-bond donors (Lipinski definition) is 1. The normalized spacial score (nSPS) is 10.7. The minimum absolute atomic E-state index is 0.00866. The SMILES string of the molecule is COC(=O)Cc1cc(CN)c(C(F)F)c(Br)n1. The maximum absolute atomic E-state index is 12.7. The van der Waals surface area contributed by atoms with Gasteiger partial charge >= 0.3 is 5.97 Å². The number of rotatable bonds is 4. The molecule has 1 aromatic rings. The van der Waals surface area contributed by atoms with Crippen molar-refractivity contribution in [3.63, 3.8) is 0 Å². The van der Waals surface area contributed by atoms with Gasteiger partial charge in [0.05, 0.1) is 24.8 Å². The number of hydrogen-bond acceptors (Lipinski definition) is 4. The van der Waals surface area contributed by atoms with Gasteiger partial charge in [-0.2, -0.15) is 0 Å². The molecule has 4 nitrogen and oxygen atoms in total. The van der Waals surface area contributed by atoms with E-state index in [4.69, 9.17) is 5.73 Å². The Kier molecular flexibility index (Phi) is 4.95. The molecule has 0 fully saturated rings. The predicted molar refractivity (Wildman–Crippen MR) is 60.5 cm³/mol. The van der Waals surface area contributed by atoms with E-state index in [1.807, 2.05) is 0 Å². The largest absolute Gasteiger partial charge is 0.469 e. The quantitative estimate of drug-likeness (QED) is 0.682. The molecular weight excluding hydrogens is 298 g/mol. The van der Waals surface area contributed by atoms with Gasteiger partial charge in [0, 0.05) is 6.54 Å². The number of nitrogens with two attached hydrogens (primary N) is 1. The summed E-state index contributed by atoms with van der Waals surface area (Å²) in [5, 5.41) is 0. The van der Waals surface area contributed by atoms with Crippen LogP contribution >= 0.6 is 15.9 Å². The highest BCUT2D eigenvalue weighted by atomic mass is 79.9. The van der Waals surface area contributed by atoms with E-state index < -0.39 is 12.4 Å². The summed E-state index contributed by atoms with van der Waals surface area (Å²) in [6.45, 7) is -0.0467. The number of pyridine rings is 1. The second-order valence-electron chi connectivity index (χ2n) is 3.23. The highest BCUT2D eigenvalue weighted by Crippen LogP contribution is 2.29. The zero-order chi connectivity index (χ0) is 13.0. The summed E-state index contributed by atoms with van der Waals surface area (Å²) in [5.74, 6) is -0.489. The van der Waals surface area contributed by atoms with Gasteiger partial charge in [-0.15, -0.1) is 0 Å². The van der Waals surface area contributed by atoms with E-state index in [0.717, 1.165) is 0 Å². The molecule has 94 valence electrons. The minimum atomic E-state index is -2.66. The molecule has 0 spiro atoms. The highest BCUT2D eigenvalue weighted by Gasteiger charge is 2.19. The lowest BCUT2D eigenvalue weighted by molar-refractivity contribution is -0.139. The van der Waals surface area contributed by atoms with Crippen LogP contribution in [0.1, 0.15) is 23.2 Å². The van der Waals surface area contributed by atoms with Crippen LogP contribution in [0.2, 0.25) is 0 Å². The fraction of sp³-hybridized carbons (Fsp3) is 0.400. The Balaban J connectivity index is 3.13. The van der Waals surface area contributed by atoms with Crippen molar-refractivity contribution in [3.8, 4) is 0 Å². The van der Waals surface area contributed by atoms with Gasteiger partial charge in [0.25, 0.3) is 6.43 Å². The van der Waals surface area contributed by atoms with E-state index in [-0.39, 0.29) is 28.7 Å². The van der Waals surface area contributed by atoms with Gasteiger partial charge < -0.3 is 10.5 Å². The molecule has 0 bridgehead atoms. The fourth-order valence-corrected chi connectivity index (χ4v) is 2.00. The van der Waals surface area contributed by atoms with Gasteiger partial charge in [-0.1, -0.05) is 0 Å². The molecular formula is C10H11BrF2N2O2. The van der Waals surface area contributed by atoms with Crippen LogP contribution < -0.4 is 5.73 Å². The number of esters is 1. The molecule has 0 saturated carbocycles. The number of halogens is 3. The lowest BCUT2D eigenvalue weighted by Gasteiger charge is -2.11. The molecule has 0 aliphatic rings. The van der Waals surface area contributed by atoms with E-state index >= 15 is 0 Å². The minimum Gasteiger partial charge on any atom is -0.469 e. The molecule has 2 N–H and O–H groups in total. The molecule has 0 aliphatic carbocycles. The van der Waals surface area contributed by atoms with E-state index in [1.165, 1.54) is 13.2 Å². The molecule has 1 aromatic heterocycles. The average molecular weight is 309 g/mol. The van der Waals surface area contributed by atoms with Crippen LogP contribution in [0.4, 0.5) is 8.78 Å². The Morgan fingerprint density at radius 2 is 2.29 bits per heavy atom. The van der Waals surface area contributed by atoms with Crippen molar-refractivity contribution >= 4 is 21.9 Å². The smallest absolute Gasteiger partial charge is 0.311 e. The zero-order valence-electron chi connectivity index (χ0n) is 9.04. The van der Waals surface area contributed by atoms with Crippen LogP contribution in [0.25, 0.3) is 0 Å². The number of methoxy groups -OCH3 is 1. The number of ether oxygens (including phenoxy) is 1. The summed E-state index contributed by atoms with van der Waals surface area (Å²) in [6, 6.07) is 1.39. The van der Waals surface area contributed by atoms with Crippen molar-refractivity contribution in [1.82, 2.24) is 4.98 Å². The molecule has 0 unspecified atom stereocenters. The Morgan fingerprint density at radius 3 is 2.76 bits per heavy atom. The number of carbonyl (C=O) groups is 1. The molecule has 1 heterocycles. The Morgan fingerprint density at radius 1 is 1.65 bits per heavy atom. The van der Waals surface area contributed by atoms with Crippen LogP contribution in [0.5, 0.6) is 0 Å². The molecule has 0 radical (unpaired) electrons. The zero-order valence-corrected chi connectivity index (χ0v) is 10.6. The summed E-state index contributed by atoms with van der Waals surface area (Å²) in [5.41, 5.74) is 5.76. The number of alkyl halides is 2. The summed E-state index contributed by atoms with van der Waals surface area (Å²) < 4.78 is 29.9. The Bertz CT molecular complexity index is 427. The molecule has 7 heteroatoms. The molecule has 0 atom stereocenters. The standard InChI is InChI=1S/C10H11BrF2N2O2/c1-17-7(16)3-6-2-5(4-14)8(10(12)13)9(11)15-6/h2,10H,3-4,14H2,1H3. The van der Waals surface area contributed by atoms with Gasteiger partial charge in [-0.3, -0.25) is 4.79 Å². The second kappa shape index (κ2) is 6.02. The Labute approximate surface area is 105 Å². The third-order valence-corrected chi connectivity index (χ3v) is 2.75. The summed E-state index contributed by atoms with van der Waals surface area (Å²) in [6.07, 6.45) is -2.74. The van der Waals surface area contributed by atoms with Crippen molar-refractivity contribution < 1.29 is 18.3 Å². The molecule has 17 heavy (non-hydrogen) atoms. The first-order valence-electron chi connectivity index (χ1n) is 4.72. The second-order valence-corrected chi connectivity index (χ2v) is 3.99. The maximum atomic E-state index is 12.7. The van der Waals surface area contributed by atoms with Crippen molar-refractivity contribution in [1.29, 1.82) is 0 Å². The van der Waals surface area contributed by atoms with Crippen LogP contribution in [0.15, 0.2) is 10.7 Å². The lowest BCUT2D eigenvalue weighted by Crippen LogP contribution is -2.10. The van der Waals surface area contributed by atoms with Crippen molar-refractivity contribution in [3.05, 3.63) is 27.5 Å². The van der Waals surface area contributed by atoms with E-state index in [2.05, 4.69) is 25.7 Å². The van der Waals surface area contributed by atoms with Gasteiger partial charge in [-0.25, -0.2) is 13.8 Å². The fourth-order valence-electron chi connectivity index (χ4n) is 1.34. The van der Waals surface area contributed by atoms with Crippen molar-refractivity contribution in [2.75, 3.05) is 7.11 Å². The van der Waals surface area contributed by atoms with Gasteiger partial charge in [0.15, 0.2) is 0 Å². The third-order valence-electron chi connectivity index (χ3n) is 2.14. The average Bonchev–Trinajstić information content (AvgIpc) is 2.27. The van der Waals surface area contributed by atoms with Crippen molar-refractivity contribution in [2.45, 2.75) is 19.4 Å². The molecule has 1 rings (SSSR count). The van der Waals surface area contributed by atoms with Crippen LogP contribution in [0, 0.1) is 0 Å². The summed E-state index contributed by atoms with van der Waals surface area (Å²) in [4.78, 5) is 14.9. The van der Waals surface area contributed by atoms with Crippen molar-refractivity contribution in [2.24, 2.45) is 5.73 Å². The highest BCUT2D eigenvalue weighted by molar-refractivity contribution is 9.10. The first-order valence-corrected chi connectivity index (χ1v) is 5.52. The maximum Gasteiger partial charge on any atom is 0.311 e. The van der Waals surface area contributed by atoms with E-state index in [1.54, 1.807) is 0 Å². The van der Waals surface area contributed by atoms with E-state index in [0.29, 0.717) is 5.69 Å². The lowest BCUT2D eigenvalue weighted by atomic mass is 10.1. The first kappa shape index (κ1) is 14.0. The van der Waals surface area contributed by atoms with Gasteiger partial charge in [-0.05, 0) is 27.6 Å². The molecule has 0 saturated heterocycles. The third kappa shape index (κ3) is 3.44. The van der Waals surface area contributed by atoms with Crippen LogP contribution in [0.3, 0.4) is 0 Å². The molecule has 0 amide bonds. The van der Waals surface area contributed by atoms with Gasteiger partial charge in [0.2, 0.25) is 0 Å². The number of aromatic nitrogens is 1. The monoisotopic (exact) mass is 308 g/mol. The summed E-state index contributed by atoms with van der Waals surface area (Å²) in [7, 11) is 1.24. The molecule has 0 aromatic carbocycles. The molecule has 0 aliphatic heterocycles. The first-order chi connectivity index (χ1) is 7.99. The Hall–Kier alpha value is -1.08. The topological polar surface area (TPSA) is 65.2 Å². The van der Waals surface area contributed by atoms with Crippen LogP contribution in [-0.4, -0.2) is 18.1 Å². The summed E-state index contributed by atoms with van der Waals surface area (Å²) >= 11 is 2.95. The van der Waals surface area contributed by atoms with E-state index in [9.17, 15) is 13.6 Å². The van der Waals surface area contributed by atoms with Crippen LogP contribution in [-0.2, 0) is 22.5 Å². The van der Waals surface area contributed by atoms with Gasteiger partial charge in [0.1, 0.15) is 4.60 Å². The predicted octanol–water partition coefficient (Wildman–Crippen LogP) is 1.96.